The maximum atomic E-state index is 11.4. The minimum atomic E-state index is -0.176. The molecule has 2 atom stereocenters. The van der Waals surface area contributed by atoms with Crippen molar-refractivity contribution in [1.82, 2.24) is 9.80 Å². The number of rotatable bonds is 5. The van der Waals surface area contributed by atoms with E-state index in [0.29, 0.717) is 5.92 Å². The molecule has 2 heterocycles. The average Bonchev–Trinajstić information content (AvgIpc) is 2.79. The number of primary amides is 1. The second-order valence-electron chi connectivity index (χ2n) is 5.39. The van der Waals surface area contributed by atoms with Crippen LogP contribution in [-0.4, -0.2) is 67.7 Å². The molecule has 0 spiro atoms. The number of likely N-dealkylation sites (tertiary alicyclic amines) is 1. The van der Waals surface area contributed by atoms with Gasteiger partial charge in [-0.25, -0.2) is 0 Å². The van der Waals surface area contributed by atoms with E-state index >= 15 is 0 Å². The molecule has 2 aliphatic rings. The fourth-order valence-corrected chi connectivity index (χ4v) is 3.08. The van der Waals surface area contributed by atoms with Gasteiger partial charge in [0, 0.05) is 26.2 Å². The first kappa shape index (κ1) is 13.8. The number of nitrogens with two attached hydrogens (primary N) is 1. The second-order valence-corrected chi connectivity index (χ2v) is 5.39. The summed E-state index contributed by atoms with van der Waals surface area (Å²) in [6, 6.07) is -0.0697. The van der Waals surface area contributed by atoms with Crippen LogP contribution in [0.3, 0.4) is 0 Å². The Labute approximate surface area is 109 Å². The fourth-order valence-electron chi connectivity index (χ4n) is 3.08. The Morgan fingerprint density at radius 1 is 1.39 bits per heavy atom. The van der Waals surface area contributed by atoms with E-state index in [2.05, 4.69) is 9.80 Å². The first-order chi connectivity index (χ1) is 8.70. The highest BCUT2D eigenvalue weighted by atomic mass is 16.5. The number of hydrogen-bond donors (Lipinski definition) is 1. The molecule has 1 amide bonds. The molecule has 0 saturated carbocycles. The highest BCUT2D eigenvalue weighted by Crippen LogP contribution is 2.21. The predicted octanol–water partition coefficient (Wildman–Crippen LogP) is -0.0956. The Kier molecular flexibility index (Phi) is 4.97. The summed E-state index contributed by atoms with van der Waals surface area (Å²) in [5.41, 5.74) is 5.45. The first-order valence-corrected chi connectivity index (χ1v) is 7.04. The third kappa shape index (κ3) is 3.43. The molecule has 5 heteroatoms. The molecule has 2 aliphatic heterocycles. The summed E-state index contributed by atoms with van der Waals surface area (Å²) in [6.45, 7) is 8.99. The molecule has 0 aliphatic carbocycles. The van der Waals surface area contributed by atoms with Crippen molar-refractivity contribution < 1.29 is 9.53 Å². The van der Waals surface area contributed by atoms with Crippen LogP contribution in [0.5, 0.6) is 0 Å². The molecule has 0 bridgehead atoms. The zero-order valence-electron chi connectivity index (χ0n) is 11.3. The smallest absolute Gasteiger partial charge is 0.234 e. The summed E-state index contributed by atoms with van der Waals surface area (Å²) in [5.74, 6) is 0.501. The molecule has 0 aromatic carbocycles. The summed E-state index contributed by atoms with van der Waals surface area (Å²) in [4.78, 5) is 16.1. The standard InChI is InChI=1S/C13H25N3O2/c1-2-12(13(14)17)16-4-3-11(10-16)9-15-5-7-18-8-6-15/h11-12H,2-10H2,1H3,(H2,14,17)/t11-,12-/m0/s1. The molecule has 18 heavy (non-hydrogen) atoms. The van der Waals surface area contributed by atoms with Crippen molar-refractivity contribution in [2.45, 2.75) is 25.8 Å². The zero-order valence-corrected chi connectivity index (χ0v) is 11.3. The third-order valence-electron chi connectivity index (χ3n) is 4.09. The number of nitrogens with zero attached hydrogens (tertiary/aromatic N) is 2. The fraction of sp³-hybridized carbons (Fsp3) is 0.923. The van der Waals surface area contributed by atoms with E-state index in [9.17, 15) is 4.79 Å². The number of morpholine rings is 1. The van der Waals surface area contributed by atoms with E-state index in [1.54, 1.807) is 0 Å². The van der Waals surface area contributed by atoms with Crippen LogP contribution < -0.4 is 5.73 Å². The molecule has 5 nitrogen and oxygen atoms in total. The third-order valence-corrected chi connectivity index (χ3v) is 4.09. The molecular formula is C13H25N3O2. The summed E-state index contributed by atoms with van der Waals surface area (Å²) in [5, 5.41) is 0. The lowest BCUT2D eigenvalue weighted by atomic mass is 10.1. The van der Waals surface area contributed by atoms with Gasteiger partial charge >= 0.3 is 0 Å². The van der Waals surface area contributed by atoms with Gasteiger partial charge in [-0.3, -0.25) is 14.6 Å². The minimum Gasteiger partial charge on any atom is -0.379 e. The lowest BCUT2D eigenvalue weighted by Crippen LogP contribution is -2.44. The molecule has 0 unspecified atom stereocenters. The second kappa shape index (κ2) is 6.50. The van der Waals surface area contributed by atoms with E-state index in [0.717, 1.165) is 52.4 Å². The Balaban J connectivity index is 1.78. The normalized spacial score (nSPS) is 28.4. The Morgan fingerprint density at radius 2 is 2.11 bits per heavy atom. The maximum absolute atomic E-state index is 11.4. The van der Waals surface area contributed by atoms with Crippen molar-refractivity contribution >= 4 is 5.91 Å². The molecule has 0 radical (unpaired) electrons. The average molecular weight is 255 g/mol. The number of carbonyl (C=O) groups is 1. The summed E-state index contributed by atoms with van der Waals surface area (Å²) in [7, 11) is 0. The summed E-state index contributed by atoms with van der Waals surface area (Å²) < 4.78 is 5.36. The van der Waals surface area contributed by atoms with Crippen LogP contribution in [0.1, 0.15) is 19.8 Å². The van der Waals surface area contributed by atoms with Gasteiger partial charge in [0.2, 0.25) is 5.91 Å². The monoisotopic (exact) mass is 255 g/mol. The summed E-state index contributed by atoms with van der Waals surface area (Å²) in [6.07, 6.45) is 2.00. The molecule has 0 aromatic heterocycles. The lowest BCUT2D eigenvalue weighted by Gasteiger charge is -2.29. The quantitative estimate of drug-likeness (QED) is 0.745. The van der Waals surface area contributed by atoms with Gasteiger partial charge in [0.25, 0.3) is 0 Å². The number of carbonyl (C=O) groups excluding carboxylic acids is 1. The molecule has 0 aromatic rings. The SMILES string of the molecule is CC[C@@H](C(N)=O)N1CC[C@@H](CN2CCOCC2)C1. The van der Waals surface area contributed by atoms with Gasteiger partial charge in [-0.2, -0.15) is 0 Å². The molecule has 2 N–H and O–H groups in total. The molecule has 2 saturated heterocycles. The van der Waals surface area contributed by atoms with Gasteiger partial charge in [-0.05, 0) is 25.3 Å². The van der Waals surface area contributed by atoms with Crippen LogP contribution in [0, 0.1) is 5.92 Å². The van der Waals surface area contributed by atoms with Crippen LogP contribution in [0.4, 0.5) is 0 Å². The van der Waals surface area contributed by atoms with Crippen molar-refractivity contribution in [1.29, 1.82) is 0 Å². The Morgan fingerprint density at radius 3 is 2.72 bits per heavy atom. The highest BCUT2D eigenvalue weighted by Gasteiger charge is 2.31. The predicted molar refractivity (Wildman–Crippen MR) is 70.2 cm³/mol. The van der Waals surface area contributed by atoms with Crippen molar-refractivity contribution in [3.8, 4) is 0 Å². The van der Waals surface area contributed by atoms with Gasteiger partial charge < -0.3 is 10.5 Å². The summed E-state index contributed by atoms with van der Waals surface area (Å²) >= 11 is 0. The highest BCUT2D eigenvalue weighted by molar-refractivity contribution is 5.79. The Bertz CT molecular complexity index is 279. The van der Waals surface area contributed by atoms with Crippen molar-refractivity contribution in [2.75, 3.05) is 45.9 Å². The van der Waals surface area contributed by atoms with Gasteiger partial charge in [0.1, 0.15) is 0 Å². The van der Waals surface area contributed by atoms with Gasteiger partial charge in [0.15, 0.2) is 0 Å². The van der Waals surface area contributed by atoms with E-state index in [1.165, 1.54) is 6.42 Å². The topological polar surface area (TPSA) is 58.8 Å². The first-order valence-electron chi connectivity index (χ1n) is 7.04. The van der Waals surface area contributed by atoms with E-state index < -0.39 is 0 Å². The van der Waals surface area contributed by atoms with Gasteiger partial charge in [-0.1, -0.05) is 6.92 Å². The van der Waals surface area contributed by atoms with E-state index in [-0.39, 0.29) is 11.9 Å². The van der Waals surface area contributed by atoms with Crippen LogP contribution in [0.15, 0.2) is 0 Å². The van der Waals surface area contributed by atoms with Crippen LogP contribution in [0.25, 0.3) is 0 Å². The van der Waals surface area contributed by atoms with Crippen molar-refractivity contribution in [2.24, 2.45) is 11.7 Å². The zero-order chi connectivity index (χ0) is 13.0. The van der Waals surface area contributed by atoms with Crippen LogP contribution in [-0.2, 0) is 9.53 Å². The van der Waals surface area contributed by atoms with Crippen LogP contribution >= 0.6 is 0 Å². The number of amides is 1. The molecule has 104 valence electrons. The van der Waals surface area contributed by atoms with E-state index in [1.807, 2.05) is 6.92 Å². The molecule has 2 rings (SSSR count). The largest absolute Gasteiger partial charge is 0.379 e. The number of ether oxygens (including phenoxy) is 1. The van der Waals surface area contributed by atoms with Crippen molar-refractivity contribution in [3.63, 3.8) is 0 Å². The van der Waals surface area contributed by atoms with Crippen LogP contribution in [0.2, 0.25) is 0 Å². The van der Waals surface area contributed by atoms with E-state index in [4.69, 9.17) is 10.5 Å². The maximum Gasteiger partial charge on any atom is 0.234 e. The van der Waals surface area contributed by atoms with Gasteiger partial charge in [-0.15, -0.1) is 0 Å². The number of hydrogen-bond acceptors (Lipinski definition) is 4. The van der Waals surface area contributed by atoms with Gasteiger partial charge in [0.05, 0.1) is 19.3 Å². The van der Waals surface area contributed by atoms with Crippen molar-refractivity contribution in [3.05, 3.63) is 0 Å². The minimum absolute atomic E-state index is 0.0697. The molecule has 2 fully saturated rings. The lowest BCUT2D eigenvalue weighted by molar-refractivity contribution is -0.123. The Hall–Kier alpha value is -0.650. The molecular weight excluding hydrogens is 230 g/mol.